The lowest BCUT2D eigenvalue weighted by atomic mass is 9.84. The number of hydrogen-bond acceptors (Lipinski definition) is 0. The normalized spacial score (nSPS) is 20.7. The number of benzene rings is 8. The Balaban J connectivity index is 1.77. The van der Waals surface area contributed by atoms with E-state index in [0.717, 1.165) is 0 Å². The van der Waals surface area contributed by atoms with Gasteiger partial charge in [0.05, 0.1) is 38.4 Å². The minimum absolute atomic E-state index is 0.625. The van der Waals surface area contributed by atoms with Crippen molar-refractivity contribution in [3.05, 3.63) is 169 Å². The van der Waals surface area contributed by atoms with Crippen molar-refractivity contribution >= 4 is 32.3 Å². The highest BCUT2D eigenvalue weighted by Gasteiger charge is 2.18. The van der Waals surface area contributed by atoms with Gasteiger partial charge < -0.3 is 0 Å². The molecule has 0 saturated heterocycles. The average molecular weight is 561 g/mol. The first-order valence-corrected chi connectivity index (χ1v) is 12.2. The molecule has 0 spiro atoms. The van der Waals surface area contributed by atoms with E-state index in [-0.39, 0.29) is 0 Å². The molecule has 0 fully saturated rings. The van der Waals surface area contributed by atoms with Gasteiger partial charge in [0.2, 0.25) is 0 Å². The van der Waals surface area contributed by atoms with Gasteiger partial charge in [-0.15, -0.1) is 0 Å². The van der Waals surface area contributed by atoms with E-state index < -0.39 is 246 Å². The van der Waals surface area contributed by atoms with E-state index >= 15 is 0 Å². The van der Waals surface area contributed by atoms with E-state index in [2.05, 4.69) is 0 Å². The molecule has 0 aliphatic carbocycles. The highest BCUT2D eigenvalue weighted by atomic mass is 14.2. The van der Waals surface area contributed by atoms with Crippen molar-refractivity contribution in [3.63, 3.8) is 0 Å². The first kappa shape index (κ1) is 9.02. The van der Waals surface area contributed by atoms with E-state index in [1.165, 1.54) is 0 Å². The van der Waals surface area contributed by atoms with E-state index in [1.54, 1.807) is 0 Å². The van der Waals surface area contributed by atoms with E-state index in [9.17, 15) is 15.1 Å². The fourth-order valence-corrected chi connectivity index (χ4v) is 4.56. The lowest BCUT2D eigenvalue weighted by Crippen LogP contribution is -1.92. The van der Waals surface area contributed by atoms with Crippen molar-refractivity contribution in [2.24, 2.45) is 0 Å². The summed E-state index contributed by atoms with van der Waals surface area (Å²) in [4.78, 5) is 0. The van der Waals surface area contributed by atoms with Crippen molar-refractivity contribution in [2.75, 3.05) is 0 Å². The maximum atomic E-state index is 9.90. The Morgan fingerprint density at radius 3 is 1.40 bits per heavy atom. The Bertz CT molecular complexity index is 3710. The molecule has 0 radical (unpaired) electrons. The quantitative estimate of drug-likeness (QED) is 0.188. The summed E-state index contributed by atoms with van der Waals surface area (Å²) in [5, 5.41) is -4.59. The van der Waals surface area contributed by atoms with Crippen molar-refractivity contribution in [1.29, 1.82) is 0 Å². The predicted octanol–water partition coefficient (Wildman–Crippen LogP) is 11.8. The third-order valence-electron chi connectivity index (χ3n) is 6.38. The number of fused-ring (bicyclic) bond motifs is 3. The van der Waals surface area contributed by atoms with Gasteiger partial charge in [-0.25, -0.2) is 0 Å². The van der Waals surface area contributed by atoms with Gasteiger partial charge in [0.15, 0.2) is 0 Å². The van der Waals surface area contributed by atoms with Crippen molar-refractivity contribution < 1.29 is 38.4 Å². The summed E-state index contributed by atoms with van der Waals surface area (Å²) in [5.74, 6) is 0. The van der Waals surface area contributed by atoms with E-state index in [1.807, 2.05) is 0 Å². The first-order chi connectivity index (χ1) is 32.5. The zero-order valence-electron chi connectivity index (χ0n) is 49.0. The van der Waals surface area contributed by atoms with Crippen molar-refractivity contribution in [2.45, 2.75) is 0 Å². The predicted molar refractivity (Wildman–Crippen MR) is 181 cm³/mol. The molecule has 0 aliphatic heterocycles. The molecule has 42 heavy (non-hydrogen) atoms. The maximum absolute atomic E-state index is 9.90. The summed E-state index contributed by atoms with van der Waals surface area (Å²) in [6.45, 7) is 0. The van der Waals surface area contributed by atoms with E-state index in [4.69, 9.17) is 23.3 Å². The molecule has 196 valence electrons. The molecular formula is C42H28. The molecule has 8 aromatic carbocycles. The average Bonchev–Trinajstić information content (AvgIpc) is 3.32. The topological polar surface area (TPSA) is 0 Å². The molecule has 0 bridgehead atoms. The summed E-state index contributed by atoms with van der Waals surface area (Å²) < 4.78 is 249. The zero-order valence-corrected chi connectivity index (χ0v) is 21.0. The van der Waals surface area contributed by atoms with Crippen LogP contribution in [-0.4, -0.2) is 0 Å². The van der Waals surface area contributed by atoms with Crippen LogP contribution in [0.2, 0.25) is 0 Å². The Labute approximate surface area is 285 Å². The molecule has 0 N–H and O–H groups in total. The van der Waals surface area contributed by atoms with Crippen LogP contribution in [0.15, 0.2) is 169 Å². The highest BCUT2D eigenvalue weighted by Crippen LogP contribution is 2.45. The largest absolute Gasteiger partial charge is 0.0636 e. The molecule has 0 heterocycles. The van der Waals surface area contributed by atoms with Crippen molar-refractivity contribution in [3.8, 4) is 44.5 Å². The Morgan fingerprint density at radius 2 is 0.714 bits per heavy atom. The second-order valence-electron chi connectivity index (χ2n) is 8.75. The first-order valence-electron chi connectivity index (χ1n) is 26.2. The van der Waals surface area contributed by atoms with Gasteiger partial charge in [0, 0.05) is 0 Å². The Kier molecular flexibility index (Phi) is 2.19. The number of hydrogen-bond donors (Lipinski definition) is 0. The minimum Gasteiger partial charge on any atom is -0.0622 e. The molecule has 0 saturated carbocycles. The van der Waals surface area contributed by atoms with Crippen LogP contribution in [0.1, 0.15) is 38.4 Å². The molecule has 0 aromatic heterocycles. The van der Waals surface area contributed by atoms with Gasteiger partial charge in [-0.05, 0) is 88.9 Å². The summed E-state index contributed by atoms with van der Waals surface area (Å²) in [5.41, 5.74) is -6.70. The van der Waals surface area contributed by atoms with Crippen LogP contribution in [0.4, 0.5) is 0 Å². The van der Waals surface area contributed by atoms with Crippen LogP contribution >= 0.6 is 0 Å². The highest BCUT2D eigenvalue weighted by molar-refractivity contribution is 6.22. The van der Waals surface area contributed by atoms with Crippen LogP contribution in [0.5, 0.6) is 0 Å². The number of rotatable bonds is 4. The second kappa shape index (κ2) is 10.2. The third kappa shape index (κ3) is 4.17. The Hall–Kier alpha value is -5.46. The summed E-state index contributed by atoms with van der Waals surface area (Å²) >= 11 is 0. The maximum Gasteiger partial charge on any atom is 0.0636 e. The fourth-order valence-electron chi connectivity index (χ4n) is 4.56. The van der Waals surface area contributed by atoms with Gasteiger partial charge in [0.25, 0.3) is 0 Å². The lowest BCUT2D eigenvalue weighted by molar-refractivity contribution is 1.61. The van der Waals surface area contributed by atoms with Crippen LogP contribution in [0.25, 0.3) is 76.8 Å². The molecule has 0 amide bonds. The molecule has 8 rings (SSSR count). The molecule has 0 atom stereocenters. The summed E-state index contributed by atoms with van der Waals surface area (Å²) in [6.07, 6.45) is 0. The minimum atomic E-state index is -1.12. The van der Waals surface area contributed by atoms with Crippen molar-refractivity contribution in [1.82, 2.24) is 0 Å². The van der Waals surface area contributed by atoms with Crippen LogP contribution < -0.4 is 0 Å². The van der Waals surface area contributed by atoms with Crippen LogP contribution in [0, 0.1) is 0 Å². The SMILES string of the molecule is [2H]c1c([2H])c([2H])c(-c2c([2H])c([2H])c(-c3c4c([2H])c([2H])c([2H])c([2H])c4c(-c4c([2H])c([2H])c5c([2H])c([2H])c([2H])c([2H])c5c4[2H])c4c([2H])c(-c5c([2H])c([2H])c([2H])c([2H])c5[2H])c([2H])c([2H])c34)c([2H])c2[2H])c([2H])c1[2H]. The van der Waals surface area contributed by atoms with Gasteiger partial charge in [-0.2, -0.15) is 0 Å². The second-order valence-corrected chi connectivity index (χ2v) is 8.75. The standard InChI is InChI=1S/C42H28/c1-3-11-29(12-4-1)32-19-22-33(23-20-32)41-37-17-9-10-18-38(37)42(36-24-21-31-15-7-8-16-34(31)27-36)40-28-35(25-26-39(40)41)30-13-5-2-6-14-30/h1-28H/i1D,2D,3D,4D,5D,6D,7D,8D,9D,10D,11D,12D,13D,14D,15D,16D,17D,18D,19D,20D,21D,22D,23D,24D,25D,26D,27D,28D. The fraction of sp³-hybridized carbons (Fsp3) is 0. The van der Waals surface area contributed by atoms with Crippen LogP contribution in [-0.2, 0) is 0 Å². The molecule has 0 unspecified atom stereocenters. The third-order valence-corrected chi connectivity index (χ3v) is 6.38. The van der Waals surface area contributed by atoms with Gasteiger partial charge in [-0.1, -0.05) is 157 Å². The van der Waals surface area contributed by atoms with Gasteiger partial charge >= 0.3 is 0 Å². The Morgan fingerprint density at radius 1 is 0.262 bits per heavy atom. The smallest absolute Gasteiger partial charge is 0.0622 e. The summed E-state index contributed by atoms with van der Waals surface area (Å²) in [7, 11) is 0. The lowest BCUT2D eigenvalue weighted by Gasteiger charge is -2.19. The monoisotopic (exact) mass is 560 g/mol. The molecule has 0 aliphatic rings. The molecule has 0 heteroatoms. The summed E-state index contributed by atoms with van der Waals surface area (Å²) in [6, 6.07) is -27.6. The van der Waals surface area contributed by atoms with Gasteiger partial charge in [-0.3, -0.25) is 0 Å². The zero-order chi connectivity index (χ0) is 52.2. The van der Waals surface area contributed by atoms with Crippen LogP contribution in [0.3, 0.4) is 0 Å². The van der Waals surface area contributed by atoms with E-state index in [0.29, 0.717) is 0 Å². The van der Waals surface area contributed by atoms with Gasteiger partial charge in [0.1, 0.15) is 0 Å². The molecule has 0 nitrogen and oxygen atoms in total. The molecule has 8 aromatic rings. The molecular weight excluding hydrogens is 504 g/mol.